The van der Waals surface area contributed by atoms with Crippen LogP contribution in [0.15, 0.2) is 66.9 Å². The molecule has 0 aliphatic rings. The molecule has 0 spiro atoms. The van der Waals surface area contributed by atoms with Crippen LogP contribution >= 0.6 is 11.6 Å². The van der Waals surface area contributed by atoms with E-state index in [1.165, 1.54) is 6.20 Å². The lowest BCUT2D eigenvalue weighted by Crippen LogP contribution is -2.22. The zero-order chi connectivity index (χ0) is 21.7. The largest absolute Gasteiger partial charge is 0.363 e. The normalized spacial score (nSPS) is 9.90. The average Bonchev–Trinajstić information content (AvgIpc) is 2.75. The van der Waals surface area contributed by atoms with Crippen molar-refractivity contribution in [2.75, 3.05) is 24.7 Å². The zero-order valence-corrected chi connectivity index (χ0v) is 17.2. The molecule has 3 aromatic rings. The maximum atomic E-state index is 12.7. The Kier molecular flexibility index (Phi) is 7.88. The van der Waals surface area contributed by atoms with Crippen LogP contribution in [0.4, 0.5) is 11.5 Å². The molecule has 1 aromatic heterocycles. The van der Waals surface area contributed by atoms with Gasteiger partial charge in [0.05, 0.1) is 16.3 Å². The minimum atomic E-state index is -0.407. The molecule has 0 saturated heterocycles. The van der Waals surface area contributed by atoms with Crippen LogP contribution in [0.25, 0.3) is 0 Å². The number of anilines is 2. The highest BCUT2D eigenvalue weighted by atomic mass is 35.5. The highest BCUT2D eigenvalue weighted by Crippen LogP contribution is 2.19. The van der Waals surface area contributed by atoms with E-state index in [0.29, 0.717) is 39.1 Å². The lowest BCUT2D eigenvalue weighted by atomic mass is 10.1. The SMILES string of the molecule is C.CN(C)C(=N)c1ccc(C(=O)Nc2ccccc2C(=O)Nc2ccc(Cl)cn2)cc1. The first-order valence-corrected chi connectivity index (χ1v) is 9.42. The molecule has 0 saturated carbocycles. The fraction of sp³-hybridized carbons (Fsp3) is 0.130. The van der Waals surface area contributed by atoms with Crippen molar-refractivity contribution in [1.82, 2.24) is 9.88 Å². The smallest absolute Gasteiger partial charge is 0.258 e. The van der Waals surface area contributed by atoms with Crippen LogP contribution in [-0.2, 0) is 0 Å². The van der Waals surface area contributed by atoms with Crippen molar-refractivity contribution in [2.24, 2.45) is 0 Å². The Morgan fingerprint density at radius 3 is 2.16 bits per heavy atom. The van der Waals surface area contributed by atoms with Crippen LogP contribution < -0.4 is 10.6 Å². The maximum Gasteiger partial charge on any atom is 0.258 e. The number of benzene rings is 2. The van der Waals surface area contributed by atoms with Crippen LogP contribution in [-0.4, -0.2) is 41.6 Å². The number of rotatable bonds is 5. The summed E-state index contributed by atoms with van der Waals surface area (Å²) in [4.78, 5) is 31.0. The first-order chi connectivity index (χ1) is 14.3. The number of hydrogen-bond acceptors (Lipinski definition) is 4. The van der Waals surface area contributed by atoms with Crippen molar-refractivity contribution in [3.05, 3.63) is 88.6 Å². The Labute approximate surface area is 186 Å². The molecule has 160 valence electrons. The number of pyridine rings is 1. The van der Waals surface area contributed by atoms with E-state index in [1.54, 1.807) is 79.7 Å². The highest BCUT2D eigenvalue weighted by Gasteiger charge is 2.15. The summed E-state index contributed by atoms with van der Waals surface area (Å²) in [6.45, 7) is 0. The molecule has 3 N–H and O–H groups in total. The molecule has 8 heteroatoms. The summed E-state index contributed by atoms with van der Waals surface area (Å²) < 4.78 is 0. The summed E-state index contributed by atoms with van der Waals surface area (Å²) in [5, 5.41) is 13.9. The molecule has 2 amide bonds. The fourth-order valence-electron chi connectivity index (χ4n) is 2.66. The van der Waals surface area contributed by atoms with E-state index in [4.69, 9.17) is 17.0 Å². The number of hydrogen-bond donors (Lipinski definition) is 3. The van der Waals surface area contributed by atoms with E-state index < -0.39 is 5.91 Å². The summed E-state index contributed by atoms with van der Waals surface area (Å²) in [5.41, 5.74) is 1.79. The Bertz CT molecular complexity index is 1080. The molecular weight excluding hydrogens is 414 g/mol. The number of nitrogens with one attached hydrogen (secondary N) is 3. The molecule has 7 nitrogen and oxygen atoms in total. The minimum Gasteiger partial charge on any atom is -0.363 e. The van der Waals surface area contributed by atoms with Gasteiger partial charge in [0.15, 0.2) is 0 Å². The first-order valence-electron chi connectivity index (χ1n) is 9.05. The van der Waals surface area contributed by atoms with Crippen LogP contribution in [0.3, 0.4) is 0 Å². The topological polar surface area (TPSA) is 98.2 Å². The number of nitrogens with zero attached hydrogens (tertiary/aromatic N) is 2. The van der Waals surface area contributed by atoms with Gasteiger partial charge in [-0.25, -0.2) is 4.98 Å². The molecule has 31 heavy (non-hydrogen) atoms. The summed E-state index contributed by atoms with van der Waals surface area (Å²) in [7, 11) is 3.56. The van der Waals surface area contributed by atoms with E-state index in [0.717, 1.165) is 0 Å². The van der Waals surface area contributed by atoms with E-state index in [-0.39, 0.29) is 13.3 Å². The molecule has 0 radical (unpaired) electrons. The fourth-order valence-corrected chi connectivity index (χ4v) is 2.77. The standard InChI is InChI=1S/C22H20ClN5O2.CH4/c1-28(2)20(24)14-7-9-15(10-8-14)21(29)26-18-6-4-3-5-17(18)22(30)27-19-12-11-16(23)13-25-19;/h3-13,24H,1-2H3,(H,26,29)(H,25,27,30);1H4. The Morgan fingerprint density at radius 1 is 0.903 bits per heavy atom. The van der Waals surface area contributed by atoms with Crippen molar-refractivity contribution in [3.63, 3.8) is 0 Å². The lowest BCUT2D eigenvalue weighted by molar-refractivity contribution is 0.102. The predicted molar refractivity (Wildman–Crippen MR) is 125 cm³/mol. The number of carbonyl (C=O) groups excluding carboxylic acids is 2. The van der Waals surface area contributed by atoms with Crippen LogP contribution in [0.5, 0.6) is 0 Å². The van der Waals surface area contributed by atoms with Gasteiger partial charge in [0, 0.05) is 31.4 Å². The Morgan fingerprint density at radius 2 is 1.55 bits per heavy atom. The van der Waals surface area contributed by atoms with Crippen LogP contribution in [0.2, 0.25) is 5.02 Å². The van der Waals surface area contributed by atoms with E-state index in [1.807, 2.05) is 0 Å². The third-order valence-electron chi connectivity index (χ3n) is 4.26. The molecule has 0 unspecified atom stereocenters. The summed E-state index contributed by atoms with van der Waals surface area (Å²) in [6.07, 6.45) is 1.44. The monoisotopic (exact) mass is 437 g/mol. The molecule has 0 bridgehead atoms. The van der Waals surface area contributed by atoms with Gasteiger partial charge in [-0.3, -0.25) is 15.0 Å². The van der Waals surface area contributed by atoms with E-state index >= 15 is 0 Å². The van der Waals surface area contributed by atoms with Gasteiger partial charge in [0.1, 0.15) is 11.7 Å². The van der Waals surface area contributed by atoms with E-state index in [9.17, 15) is 9.59 Å². The second-order valence-corrected chi connectivity index (χ2v) is 7.07. The van der Waals surface area contributed by atoms with Crippen molar-refractivity contribution in [1.29, 1.82) is 5.41 Å². The van der Waals surface area contributed by atoms with Gasteiger partial charge in [0.25, 0.3) is 11.8 Å². The molecule has 0 aliphatic carbocycles. The molecule has 0 atom stereocenters. The number of aromatic nitrogens is 1. The van der Waals surface area contributed by atoms with Gasteiger partial charge in [-0.05, 0) is 36.4 Å². The minimum absolute atomic E-state index is 0. The number of amidine groups is 1. The van der Waals surface area contributed by atoms with Crippen LogP contribution in [0.1, 0.15) is 33.7 Å². The zero-order valence-electron chi connectivity index (χ0n) is 16.4. The van der Waals surface area contributed by atoms with Crippen LogP contribution in [0, 0.1) is 5.41 Å². The average molecular weight is 438 g/mol. The van der Waals surface area contributed by atoms with Gasteiger partial charge >= 0.3 is 0 Å². The van der Waals surface area contributed by atoms with Crippen molar-refractivity contribution >= 4 is 40.8 Å². The number of para-hydroxylation sites is 1. The second-order valence-electron chi connectivity index (χ2n) is 6.64. The van der Waals surface area contributed by atoms with Crippen molar-refractivity contribution in [2.45, 2.75) is 7.43 Å². The third kappa shape index (κ3) is 5.90. The van der Waals surface area contributed by atoms with Gasteiger partial charge in [-0.15, -0.1) is 0 Å². The molecule has 1 heterocycles. The molecule has 2 aromatic carbocycles. The molecule has 3 rings (SSSR count). The van der Waals surface area contributed by atoms with Crippen molar-refractivity contribution < 1.29 is 9.59 Å². The molecular formula is C23H24ClN5O2. The number of carbonyl (C=O) groups is 2. The number of amides is 2. The van der Waals surface area contributed by atoms with Gasteiger partial charge in [0.2, 0.25) is 0 Å². The molecule has 0 fully saturated rings. The predicted octanol–water partition coefficient (Wildman–Crippen LogP) is 4.76. The summed E-state index contributed by atoms with van der Waals surface area (Å²) >= 11 is 5.81. The Balaban J connectivity index is 0.00000341. The van der Waals surface area contributed by atoms with Crippen molar-refractivity contribution in [3.8, 4) is 0 Å². The van der Waals surface area contributed by atoms with E-state index in [2.05, 4.69) is 15.6 Å². The summed E-state index contributed by atoms with van der Waals surface area (Å²) in [5.74, 6) is -0.0671. The molecule has 0 aliphatic heterocycles. The maximum absolute atomic E-state index is 12.7. The van der Waals surface area contributed by atoms with Gasteiger partial charge < -0.3 is 15.5 Å². The second kappa shape index (κ2) is 10.4. The van der Waals surface area contributed by atoms with Gasteiger partial charge in [-0.1, -0.05) is 43.3 Å². The highest BCUT2D eigenvalue weighted by molar-refractivity contribution is 6.30. The first kappa shape index (κ1) is 23.6. The summed E-state index contributed by atoms with van der Waals surface area (Å²) in [6, 6.07) is 16.6. The number of halogens is 1. The third-order valence-corrected chi connectivity index (χ3v) is 4.48. The van der Waals surface area contributed by atoms with Gasteiger partial charge in [-0.2, -0.15) is 0 Å². The quantitative estimate of drug-likeness (QED) is 0.395. The lowest BCUT2D eigenvalue weighted by Gasteiger charge is -2.14. The Hall–Kier alpha value is -3.71.